The Morgan fingerprint density at radius 3 is 3.00 bits per heavy atom. The van der Waals surface area contributed by atoms with Gasteiger partial charge < -0.3 is 10.4 Å². The monoisotopic (exact) mass is 297 g/mol. The van der Waals surface area contributed by atoms with Crippen LogP contribution in [0.15, 0.2) is 5.38 Å². The molecule has 1 saturated heterocycles. The molecule has 1 aliphatic heterocycles. The number of aliphatic carboxylic acids is 1. The highest BCUT2D eigenvalue weighted by Crippen LogP contribution is 2.32. The third kappa shape index (κ3) is 4.01. The Kier molecular flexibility index (Phi) is 5.08. The van der Waals surface area contributed by atoms with E-state index in [0.29, 0.717) is 0 Å². The Labute approximate surface area is 121 Å². The number of hydrogen-bond donors (Lipinski definition) is 2. The Morgan fingerprint density at radius 2 is 2.35 bits per heavy atom. The number of nitrogens with one attached hydrogen (secondary N) is 1. The van der Waals surface area contributed by atoms with Crippen LogP contribution in [0.2, 0.25) is 0 Å². The van der Waals surface area contributed by atoms with Crippen molar-refractivity contribution in [2.45, 2.75) is 32.2 Å². The van der Waals surface area contributed by atoms with E-state index in [4.69, 9.17) is 5.11 Å². The van der Waals surface area contributed by atoms with Gasteiger partial charge in [-0.15, -0.1) is 11.3 Å². The normalized spacial score (nSPS) is 19.8. The van der Waals surface area contributed by atoms with Gasteiger partial charge in [-0.3, -0.25) is 14.5 Å². The van der Waals surface area contributed by atoms with Gasteiger partial charge in [0.25, 0.3) is 0 Å². The molecule has 0 aromatic carbocycles. The van der Waals surface area contributed by atoms with E-state index >= 15 is 0 Å². The molecule has 6 nitrogen and oxygen atoms in total. The quantitative estimate of drug-likeness (QED) is 0.853. The predicted molar refractivity (Wildman–Crippen MR) is 75.7 cm³/mol. The summed E-state index contributed by atoms with van der Waals surface area (Å²) in [6, 6.07) is 0.179. The van der Waals surface area contributed by atoms with Gasteiger partial charge in [-0.1, -0.05) is 6.42 Å². The molecule has 0 aliphatic carbocycles. The van der Waals surface area contributed by atoms with Crippen molar-refractivity contribution in [3.05, 3.63) is 16.1 Å². The maximum atomic E-state index is 11.8. The summed E-state index contributed by atoms with van der Waals surface area (Å²) in [6.07, 6.45) is 3.20. The van der Waals surface area contributed by atoms with Crippen molar-refractivity contribution < 1.29 is 14.7 Å². The molecule has 1 atom stereocenters. The zero-order valence-electron chi connectivity index (χ0n) is 11.5. The molecule has 0 bridgehead atoms. The second-order valence-electron chi connectivity index (χ2n) is 4.98. The van der Waals surface area contributed by atoms with Crippen LogP contribution in [0.1, 0.15) is 36.0 Å². The lowest BCUT2D eigenvalue weighted by atomic mass is 10.0. The topological polar surface area (TPSA) is 82.5 Å². The zero-order chi connectivity index (χ0) is 14.5. The van der Waals surface area contributed by atoms with E-state index in [1.54, 1.807) is 11.3 Å². The van der Waals surface area contributed by atoms with Crippen LogP contribution in [0, 0.1) is 6.92 Å². The van der Waals surface area contributed by atoms with Gasteiger partial charge in [-0.05, 0) is 26.3 Å². The van der Waals surface area contributed by atoms with Crippen LogP contribution in [0.5, 0.6) is 0 Å². The molecular weight excluding hydrogens is 278 g/mol. The fourth-order valence-electron chi connectivity index (χ4n) is 2.40. The molecule has 1 aliphatic rings. The number of thiazole rings is 1. The third-order valence-electron chi connectivity index (χ3n) is 3.32. The van der Waals surface area contributed by atoms with Crippen LogP contribution in [0.4, 0.5) is 0 Å². The molecule has 7 heteroatoms. The molecule has 1 unspecified atom stereocenters. The van der Waals surface area contributed by atoms with Crippen molar-refractivity contribution in [3.63, 3.8) is 0 Å². The fraction of sp³-hybridized carbons (Fsp3) is 0.615. The maximum absolute atomic E-state index is 11.8. The summed E-state index contributed by atoms with van der Waals surface area (Å²) in [5.74, 6) is -1.27. The van der Waals surface area contributed by atoms with Gasteiger partial charge >= 0.3 is 5.97 Å². The van der Waals surface area contributed by atoms with Gasteiger partial charge in [-0.2, -0.15) is 0 Å². The minimum atomic E-state index is -1.02. The molecule has 2 heterocycles. The van der Waals surface area contributed by atoms with E-state index in [9.17, 15) is 9.59 Å². The van der Waals surface area contributed by atoms with Crippen LogP contribution < -0.4 is 5.32 Å². The number of carbonyl (C=O) groups is 2. The number of aromatic nitrogens is 1. The van der Waals surface area contributed by atoms with Crippen molar-refractivity contribution in [3.8, 4) is 0 Å². The first-order valence-electron chi connectivity index (χ1n) is 6.71. The van der Waals surface area contributed by atoms with E-state index in [1.807, 2.05) is 12.3 Å². The highest BCUT2D eigenvalue weighted by Gasteiger charge is 2.27. The predicted octanol–water partition coefficient (Wildman–Crippen LogP) is 1.18. The van der Waals surface area contributed by atoms with Crippen molar-refractivity contribution in [2.24, 2.45) is 0 Å². The summed E-state index contributed by atoms with van der Waals surface area (Å²) in [5.41, 5.74) is 1.01. The molecule has 110 valence electrons. The van der Waals surface area contributed by atoms with Gasteiger partial charge in [0.2, 0.25) is 5.91 Å². The Balaban J connectivity index is 1.96. The molecular formula is C13H19N3O3S. The molecule has 1 amide bonds. The SMILES string of the molecule is Cc1csc(C2CCCCN2CC(=O)NCC(=O)O)n1. The third-order valence-corrected chi connectivity index (χ3v) is 4.38. The van der Waals surface area contributed by atoms with E-state index < -0.39 is 5.97 Å². The minimum absolute atomic E-state index is 0.179. The van der Waals surface area contributed by atoms with Crippen LogP contribution in [-0.2, 0) is 9.59 Å². The first-order chi connectivity index (χ1) is 9.56. The number of carbonyl (C=O) groups excluding carboxylic acids is 1. The van der Waals surface area contributed by atoms with Crippen molar-refractivity contribution >= 4 is 23.2 Å². The molecule has 0 saturated carbocycles. The second-order valence-corrected chi connectivity index (χ2v) is 5.87. The van der Waals surface area contributed by atoms with E-state index in [-0.39, 0.29) is 25.0 Å². The van der Waals surface area contributed by atoms with Crippen molar-refractivity contribution in [1.29, 1.82) is 0 Å². The number of carboxylic acid groups (broad SMARTS) is 1. The van der Waals surface area contributed by atoms with Crippen LogP contribution in [0.25, 0.3) is 0 Å². The average molecular weight is 297 g/mol. The van der Waals surface area contributed by atoms with E-state index in [0.717, 1.165) is 36.5 Å². The van der Waals surface area contributed by atoms with Gasteiger partial charge in [0, 0.05) is 11.1 Å². The number of aryl methyl sites for hydroxylation is 1. The maximum Gasteiger partial charge on any atom is 0.322 e. The summed E-state index contributed by atoms with van der Waals surface area (Å²) in [4.78, 5) is 28.8. The van der Waals surface area contributed by atoms with Gasteiger partial charge in [-0.25, -0.2) is 4.98 Å². The zero-order valence-corrected chi connectivity index (χ0v) is 12.3. The lowest BCUT2D eigenvalue weighted by Crippen LogP contribution is -2.42. The van der Waals surface area contributed by atoms with E-state index in [1.165, 1.54) is 0 Å². The average Bonchev–Trinajstić information content (AvgIpc) is 2.83. The second kappa shape index (κ2) is 6.81. The molecule has 20 heavy (non-hydrogen) atoms. The Morgan fingerprint density at radius 1 is 1.55 bits per heavy atom. The number of piperidine rings is 1. The standard InChI is InChI=1S/C13H19N3O3S/c1-9-8-20-13(15-9)10-4-2-3-5-16(10)7-11(17)14-6-12(18)19/h8,10H,2-7H2,1H3,(H,14,17)(H,18,19). The van der Waals surface area contributed by atoms with Gasteiger partial charge in [0.15, 0.2) is 0 Å². The molecule has 1 aromatic heterocycles. The summed E-state index contributed by atoms with van der Waals surface area (Å²) in [6.45, 7) is 2.72. The van der Waals surface area contributed by atoms with Crippen LogP contribution >= 0.6 is 11.3 Å². The fourth-order valence-corrected chi connectivity index (χ4v) is 3.36. The Bertz CT molecular complexity index is 489. The number of amides is 1. The molecule has 2 rings (SSSR count). The smallest absolute Gasteiger partial charge is 0.322 e. The molecule has 0 radical (unpaired) electrons. The lowest BCUT2D eigenvalue weighted by Gasteiger charge is -2.33. The van der Waals surface area contributed by atoms with Gasteiger partial charge in [0.05, 0.1) is 12.6 Å². The molecule has 1 fully saturated rings. The largest absolute Gasteiger partial charge is 0.480 e. The minimum Gasteiger partial charge on any atom is -0.480 e. The first kappa shape index (κ1) is 14.9. The van der Waals surface area contributed by atoms with Crippen molar-refractivity contribution in [1.82, 2.24) is 15.2 Å². The van der Waals surface area contributed by atoms with E-state index in [2.05, 4.69) is 15.2 Å². The molecule has 0 spiro atoms. The highest BCUT2D eigenvalue weighted by molar-refractivity contribution is 7.09. The van der Waals surface area contributed by atoms with Crippen LogP contribution in [-0.4, -0.2) is 46.5 Å². The Hall–Kier alpha value is -1.47. The summed E-state index contributed by atoms with van der Waals surface area (Å²) >= 11 is 1.63. The summed E-state index contributed by atoms with van der Waals surface area (Å²) < 4.78 is 0. The molecule has 2 N–H and O–H groups in total. The number of carboxylic acids is 1. The van der Waals surface area contributed by atoms with Crippen LogP contribution in [0.3, 0.4) is 0 Å². The van der Waals surface area contributed by atoms with Gasteiger partial charge in [0.1, 0.15) is 11.6 Å². The van der Waals surface area contributed by atoms with Crippen molar-refractivity contribution in [2.75, 3.05) is 19.6 Å². The number of rotatable bonds is 5. The summed E-state index contributed by atoms with van der Waals surface area (Å²) in [7, 11) is 0. The highest BCUT2D eigenvalue weighted by atomic mass is 32.1. The first-order valence-corrected chi connectivity index (χ1v) is 7.59. The number of hydrogen-bond acceptors (Lipinski definition) is 5. The molecule has 1 aromatic rings. The number of likely N-dealkylation sites (tertiary alicyclic amines) is 1. The lowest BCUT2D eigenvalue weighted by molar-refractivity contribution is -0.138. The number of nitrogens with zero attached hydrogens (tertiary/aromatic N) is 2. The summed E-state index contributed by atoms with van der Waals surface area (Å²) in [5, 5.41) is 14.0.